The monoisotopic (exact) mass is 197 g/mol. The van der Waals surface area contributed by atoms with Crippen LogP contribution in [0, 0.1) is 11.3 Å². The Hall–Kier alpha value is -2.41. The molecule has 0 radical (unpaired) electrons. The molecule has 4 heteroatoms. The van der Waals surface area contributed by atoms with Gasteiger partial charge in [0.1, 0.15) is 0 Å². The first-order valence-electron chi connectivity index (χ1n) is 4.35. The summed E-state index contributed by atoms with van der Waals surface area (Å²) >= 11 is 0. The summed E-state index contributed by atoms with van der Waals surface area (Å²) in [5.41, 5.74) is 0.666. The number of allylic oxidation sites excluding steroid dienone is 1. The van der Waals surface area contributed by atoms with E-state index in [-0.39, 0.29) is 5.56 Å². The molecule has 0 aliphatic carbocycles. The summed E-state index contributed by atoms with van der Waals surface area (Å²) in [5, 5.41) is 15.8. The molecule has 15 heavy (non-hydrogen) atoms. The third kappa shape index (κ3) is 1.76. The van der Waals surface area contributed by atoms with Gasteiger partial charge in [-0.2, -0.15) is 10.4 Å². The van der Waals surface area contributed by atoms with E-state index in [1.165, 1.54) is 6.08 Å². The molecule has 0 unspecified atom stereocenters. The van der Waals surface area contributed by atoms with Crippen molar-refractivity contribution in [3.63, 3.8) is 0 Å². The van der Waals surface area contributed by atoms with E-state index in [2.05, 4.69) is 10.2 Å². The van der Waals surface area contributed by atoms with Gasteiger partial charge in [-0.05, 0) is 23.8 Å². The van der Waals surface area contributed by atoms with Gasteiger partial charge in [-0.1, -0.05) is 6.07 Å². The fourth-order valence-corrected chi connectivity index (χ4v) is 1.35. The van der Waals surface area contributed by atoms with Crippen molar-refractivity contribution in [2.75, 3.05) is 0 Å². The van der Waals surface area contributed by atoms with Crippen LogP contribution in [0.1, 0.15) is 5.56 Å². The molecule has 1 aromatic heterocycles. The molecule has 0 aliphatic rings. The number of aromatic nitrogens is 2. The fraction of sp³-hybridized carbons (Fsp3) is 0. The second kappa shape index (κ2) is 3.76. The van der Waals surface area contributed by atoms with Gasteiger partial charge >= 0.3 is 0 Å². The quantitative estimate of drug-likeness (QED) is 0.703. The van der Waals surface area contributed by atoms with Crippen LogP contribution in [0.2, 0.25) is 0 Å². The van der Waals surface area contributed by atoms with E-state index in [4.69, 9.17) is 5.26 Å². The number of nitrogens with zero attached hydrogens (tertiary/aromatic N) is 2. The van der Waals surface area contributed by atoms with Gasteiger partial charge in [0.05, 0.1) is 17.7 Å². The SMILES string of the molecule is N#CC=Cc1ccc2c(=O)[nH]ncc2c1. The van der Waals surface area contributed by atoms with E-state index in [9.17, 15) is 4.79 Å². The summed E-state index contributed by atoms with van der Waals surface area (Å²) in [5.74, 6) is 0. The summed E-state index contributed by atoms with van der Waals surface area (Å²) in [6.07, 6.45) is 4.66. The molecule has 72 valence electrons. The van der Waals surface area contributed by atoms with Gasteiger partial charge in [-0.3, -0.25) is 4.79 Å². The van der Waals surface area contributed by atoms with Crippen molar-refractivity contribution < 1.29 is 0 Å². The molecule has 1 aromatic carbocycles. The van der Waals surface area contributed by atoms with Crippen molar-refractivity contribution in [1.29, 1.82) is 5.26 Å². The summed E-state index contributed by atoms with van der Waals surface area (Å²) in [6.45, 7) is 0. The van der Waals surface area contributed by atoms with Gasteiger partial charge in [0.15, 0.2) is 0 Å². The standard InChI is InChI=1S/C11H7N3O/c12-5-1-2-8-3-4-10-9(6-8)7-13-14-11(10)15/h1-4,6-7H,(H,14,15). The second-order valence-corrected chi connectivity index (χ2v) is 3.01. The van der Waals surface area contributed by atoms with Gasteiger partial charge in [0, 0.05) is 11.5 Å². The molecule has 0 aliphatic heterocycles. The zero-order chi connectivity index (χ0) is 10.7. The number of aromatic amines is 1. The number of hydrogen-bond donors (Lipinski definition) is 1. The fourth-order valence-electron chi connectivity index (χ4n) is 1.35. The van der Waals surface area contributed by atoms with Gasteiger partial charge in [-0.15, -0.1) is 0 Å². The van der Waals surface area contributed by atoms with Gasteiger partial charge in [0.25, 0.3) is 5.56 Å². The lowest BCUT2D eigenvalue weighted by molar-refractivity contribution is 1.01. The van der Waals surface area contributed by atoms with E-state index in [1.54, 1.807) is 24.4 Å². The number of fused-ring (bicyclic) bond motifs is 1. The van der Waals surface area contributed by atoms with Crippen LogP contribution in [-0.4, -0.2) is 10.2 Å². The number of nitrogens with one attached hydrogen (secondary N) is 1. The highest BCUT2D eigenvalue weighted by Gasteiger charge is 1.97. The minimum Gasteiger partial charge on any atom is -0.267 e. The molecule has 0 bridgehead atoms. The predicted octanol–water partition coefficient (Wildman–Crippen LogP) is 1.46. The van der Waals surface area contributed by atoms with Crippen LogP contribution in [0.15, 0.2) is 35.3 Å². The van der Waals surface area contributed by atoms with Crippen molar-refractivity contribution in [2.45, 2.75) is 0 Å². The average molecular weight is 197 g/mol. The zero-order valence-electron chi connectivity index (χ0n) is 7.77. The number of nitriles is 1. The Bertz CT molecular complexity index is 620. The Morgan fingerprint density at radius 2 is 2.33 bits per heavy atom. The number of rotatable bonds is 1. The normalized spacial score (nSPS) is 10.6. The van der Waals surface area contributed by atoms with Crippen LogP contribution in [0.25, 0.3) is 16.8 Å². The van der Waals surface area contributed by atoms with Crippen molar-refractivity contribution in [3.05, 3.63) is 46.4 Å². The molecule has 0 atom stereocenters. The average Bonchev–Trinajstić information content (AvgIpc) is 2.26. The molecular weight excluding hydrogens is 190 g/mol. The summed E-state index contributed by atoms with van der Waals surface area (Å²) in [6, 6.07) is 7.22. The van der Waals surface area contributed by atoms with E-state index < -0.39 is 0 Å². The van der Waals surface area contributed by atoms with Crippen LogP contribution >= 0.6 is 0 Å². The highest BCUT2D eigenvalue weighted by atomic mass is 16.1. The van der Waals surface area contributed by atoms with Crippen molar-refractivity contribution in [1.82, 2.24) is 10.2 Å². The summed E-state index contributed by atoms with van der Waals surface area (Å²) in [4.78, 5) is 11.3. The van der Waals surface area contributed by atoms with Crippen molar-refractivity contribution in [3.8, 4) is 6.07 Å². The largest absolute Gasteiger partial charge is 0.272 e. The predicted molar refractivity (Wildman–Crippen MR) is 57.0 cm³/mol. The van der Waals surface area contributed by atoms with E-state index in [0.29, 0.717) is 5.39 Å². The lowest BCUT2D eigenvalue weighted by Gasteiger charge is -1.96. The van der Waals surface area contributed by atoms with Crippen LogP contribution < -0.4 is 5.56 Å². The van der Waals surface area contributed by atoms with Gasteiger partial charge in [0.2, 0.25) is 0 Å². The van der Waals surface area contributed by atoms with Crippen LogP contribution in [0.5, 0.6) is 0 Å². The Morgan fingerprint density at radius 3 is 3.13 bits per heavy atom. The highest BCUT2D eigenvalue weighted by Crippen LogP contribution is 2.11. The Morgan fingerprint density at radius 1 is 1.47 bits per heavy atom. The lowest BCUT2D eigenvalue weighted by atomic mass is 10.1. The third-order valence-corrected chi connectivity index (χ3v) is 2.04. The van der Waals surface area contributed by atoms with Gasteiger partial charge in [-0.25, -0.2) is 5.10 Å². The molecule has 0 spiro atoms. The van der Waals surface area contributed by atoms with E-state index >= 15 is 0 Å². The number of H-pyrrole nitrogens is 1. The molecule has 0 saturated carbocycles. The Kier molecular flexibility index (Phi) is 2.30. The molecule has 1 N–H and O–H groups in total. The lowest BCUT2D eigenvalue weighted by Crippen LogP contribution is -2.06. The van der Waals surface area contributed by atoms with Gasteiger partial charge < -0.3 is 0 Å². The molecule has 4 nitrogen and oxygen atoms in total. The third-order valence-electron chi connectivity index (χ3n) is 2.04. The maximum Gasteiger partial charge on any atom is 0.272 e. The molecule has 2 aromatic rings. The maximum absolute atomic E-state index is 11.3. The minimum absolute atomic E-state index is 0.205. The molecule has 2 rings (SSSR count). The smallest absolute Gasteiger partial charge is 0.267 e. The van der Waals surface area contributed by atoms with E-state index in [0.717, 1.165) is 10.9 Å². The summed E-state index contributed by atoms with van der Waals surface area (Å²) in [7, 11) is 0. The highest BCUT2D eigenvalue weighted by molar-refractivity contribution is 5.83. The maximum atomic E-state index is 11.3. The summed E-state index contributed by atoms with van der Waals surface area (Å²) < 4.78 is 0. The van der Waals surface area contributed by atoms with Crippen LogP contribution in [0.4, 0.5) is 0 Å². The molecule has 1 heterocycles. The van der Waals surface area contributed by atoms with Crippen LogP contribution in [-0.2, 0) is 0 Å². The minimum atomic E-state index is -0.205. The molecular formula is C11H7N3O. The number of hydrogen-bond acceptors (Lipinski definition) is 3. The van der Waals surface area contributed by atoms with Crippen LogP contribution in [0.3, 0.4) is 0 Å². The Labute approximate surface area is 85.5 Å². The topological polar surface area (TPSA) is 69.5 Å². The molecule has 0 amide bonds. The zero-order valence-corrected chi connectivity index (χ0v) is 7.77. The van der Waals surface area contributed by atoms with Crippen molar-refractivity contribution >= 4 is 16.8 Å². The molecule has 0 saturated heterocycles. The first-order chi connectivity index (χ1) is 7.31. The van der Waals surface area contributed by atoms with E-state index in [1.807, 2.05) is 12.1 Å². The molecule has 0 fully saturated rings. The number of benzene rings is 1. The first kappa shape index (κ1) is 9.16. The Balaban J connectivity index is 2.63. The second-order valence-electron chi connectivity index (χ2n) is 3.01. The van der Waals surface area contributed by atoms with Crippen molar-refractivity contribution in [2.24, 2.45) is 0 Å². The first-order valence-corrected chi connectivity index (χ1v) is 4.35.